The molecule has 2 nitrogen and oxygen atoms in total. The van der Waals surface area contributed by atoms with Crippen LogP contribution in [-0.2, 0) is 0 Å². The first-order valence-corrected chi connectivity index (χ1v) is 8.13. The molecule has 2 heteroatoms. The zero-order chi connectivity index (χ0) is 13.4. The van der Waals surface area contributed by atoms with Crippen molar-refractivity contribution in [2.24, 2.45) is 17.6 Å². The second kappa shape index (κ2) is 8.92. The highest BCUT2D eigenvalue weighted by atomic mass is 15.2. The van der Waals surface area contributed by atoms with Crippen LogP contribution in [0.2, 0.25) is 0 Å². The number of nitrogens with two attached hydrogens (primary N) is 1. The summed E-state index contributed by atoms with van der Waals surface area (Å²) in [5.41, 5.74) is 5.96. The Hall–Kier alpha value is -0.0800. The molecule has 1 saturated heterocycles. The van der Waals surface area contributed by atoms with E-state index in [2.05, 4.69) is 25.7 Å². The molecule has 18 heavy (non-hydrogen) atoms. The Labute approximate surface area is 114 Å². The van der Waals surface area contributed by atoms with Crippen LogP contribution >= 0.6 is 0 Å². The summed E-state index contributed by atoms with van der Waals surface area (Å²) in [4.78, 5) is 2.67. The van der Waals surface area contributed by atoms with E-state index < -0.39 is 0 Å². The van der Waals surface area contributed by atoms with Gasteiger partial charge in [0.25, 0.3) is 0 Å². The maximum absolute atomic E-state index is 5.96. The summed E-state index contributed by atoms with van der Waals surface area (Å²) >= 11 is 0. The Bertz CT molecular complexity index is 205. The largest absolute Gasteiger partial charge is 0.329 e. The Morgan fingerprint density at radius 2 is 1.72 bits per heavy atom. The van der Waals surface area contributed by atoms with Gasteiger partial charge in [0.1, 0.15) is 0 Å². The van der Waals surface area contributed by atoms with E-state index in [0.717, 1.165) is 18.4 Å². The highest BCUT2D eigenvalue weighted by Crippen LogP contribution is 2.26. The molecule has 0 bridgehead atoms. The molecule has 0 aliphatic carbocycles. The van der Waals surface area contributed by atoms with Crippen LogP contribution in [-0.4, -0.2) is 30.6 Å². The number of piperidine rings is 1. The van der Waals surface area contributed by atoms with Gasteiger partial charge < -0.3 is 5.73 Å². The summed E-state index contributed by atoms with van der Waals surface area (Å²) < 4.78 is 0. The van der Waals surface area contributed by atoms with E-state index in [1.54, 1.807) is 0 Å². The van der Waals surface area contributed by atoms with Gasteiger partial charge in [0.05, 0.1) is 0 Å². The average Bonchev–Trinajstić information content (AvgIpc) is 2.33. The Kier molecular flexibility index (Phi) is 7.92. The minimum atomic E-state index is 0.636. The third kappa shape index (κ3) is 5.27. The summed E-state index contributed by atoms with van der Waals surface area (Å²) in [6.45, 7) is 10.4. The topological polar surface area (TPSA) is 29.3 Å². The van der Waals surface area contributed by atoms with Crippen molar-refractivity contribution in [3.63, 3.8) is 0 Å². The first-order valence-electron chi connectivity index (χ1n) is 8.13. The minimum Gasteiger partial charge on any atom is -0.329 e. The van der Waals surface area contributed by atoms with E-state index in [4.69, 9.17) is 5.73 Å². The number of nitrogens with zero attached hydrogens (tertiary/aromatic N) is 1. The molecule has 0 spiro atoms. The molecule has 0 radical (unpaired) electrons. The summed E-state index contributed by atoms with van der Waals surface area (Å²) in [6.07, 6.45) is 9.70. The lowest BCUT2D eigenvalue weighted by molar-refractivity contribution is 0.0719. The minimum absolute atomic E-state index is 0.636. The standard InChI is InChI=1S/C16H34N2/c1-4-5-6-7-8-9-10-18-13-14(2)11-15(3)16(18)12-17/h14-16H,4-13,17H2,1-3H3. The first-order chi connectivity index (χ1) is 8.69. The lowest BCUT2D eigenvalue weighted by atomic mass is 9.85. The van der Waals surface area contributed by atoms with Gasteiger partial charge in [-0.25, -0.2) is 0 Å². The molecule has 3 unspecified atom stereocenters. The van der Waals surface area contributed by atoms with Crippen molar-refractivity contribution in [3.8, 4) is 0 Å². The van der Waals surface area contributed by atoms with Crippen molar-refractivity contribution in [1.82, 2.24) is 4.90 Å². The summed E-state index contributed by atoms with van der Waals surface area (Å²) in [6, 6.07) is 0.636. The monoisotopic (exact) mass is 254 g/mol. The molecular formula is C16H34N2. The summed E-state index contributed by atoms with van der Waals surface area (Å²) in [5.74, 6) is 1.63. The maximum atomic E-state index is 5.96. The van der Waals surface area contributed by atoms with E-state index in [-0.39, 0.29) is 0 Å². The SMILES string of the molecule is CCCCCCCCN1CC(C)CC(C)C1CN. The van der Waals surface area contributed by atoms with Gasteiger partial charge in [-0.15, -0.1) is 0 Å². The molecular weight excluding hydrogens is 220 g/mol. The third-order valence-electron chi connectivity index (χ3n) is 4.49. The predicted octanol–water partition coefficient (Wildman–Crippen LogP) is 3.65. The van der Waals surface area contributed by atoms with E-state index in [1.807, 2.05) is 0 Å². The Morgan fingerprint density at radius 1 is 1.06 bits per heavy atom. The average molecular weight is 254 g/mol. The normalized spacial score (nSPS) is 29.7. The van der Waals surface area contributed by atoms with Crippen LogP contribution in [0.5, 0.6) is 0 Å². The van der Waals surface area contributed by atoms with E-state index in [1.165, 1.54) is 58.0 Å². The van der Waals surface area contributed by atoms with E-state index in [9.17, 15) is 0 Å². The van der Waals surface area contributed by atoms with Gasteiger partial charge in [-0.1, -0.05) is 52.9 Å². The first kappa shape index (κ1) is 16.0. The van der Waals surface area contributed by atoms with Gasteiger partial charge in [0, 0.05) is 19.1 Å². The van der Waals surface area contributed by atoms with Crippen molar-refractivity contribution in [2.75, 3.05) is 19.6 Å². The van der Waals surface area contributed by atoms with Crippen molar-refractivity contribution in [3.05, 3.63) is 0 Å². The number of rotatable bonds is 8. The van der Waals surface area contributed by atoms with Gasteiger partial charge in [0.2, 0.25) is 0 Å². The zero-order valence-electron chi connectivity index (χ0n) is 12.8. The van der Waals surface area contributed by atoms with Crippen LogP contribution in [0, 0.1) is 11.8 Å². The molecule has 1 heterocycles. The van der Waals surface area contributed by atoms with Crippen molar-refractivity contribution in [2.45, 2.75) is 71.8 Å². The second-order valence-corrected chi connectivity index (χ2v) is 6.38. The molecule has 0 saturated carbocycles. The van der Waals surface area contributed by atoms with Crippen LogP contribution in [0.25, 0.3) is 0 Å². The second-order valence-electron chi connectivity index (χ2n) is 6.38. The van der Waals surface area contributed by atoms with Gasteiger partial charge in [-0.2, -0.15) is 0 Å². The molecule has 0 aromatic heterocycles. The molecule has 1 aliphatic rings. The maximum Gasteiger partial charge on any atom is 0.0244 e. The predicted molar refractivity (Wildman–Crippen MR) is 80.7 cm³/mol. The molecule has 0 aromatic carbocycles. The van der Waals surface area contributed by atoms with Crippen molar-refractivity contribution in [1.29, 1.82) is 0 Å². The quantitative estimate of drug-likeness (QED) is 0.670. The number of hydrogen-bond acceptors (Lipinski definition) is 2. The fraction of sp³-hybridized carbons (Fsp3) is 1.00. The number of likely N-dealkylation sites (tertiary alicyclic amines) is 1. The Morgan fingerprint density at radius 3 is 2.39 bits per heavy atom. The van der Waals surface area contributed by atoms with Crippen LogP contribution in [0.15, 0.2) is 0 Å². The fourth-order valence-electron chi connectivity index (χ4n) is 3.50. The molecule has 2 N–H and O–H groups in total. The molecule has 0 amide bonds. The van der Waals surface area contributed by atoms with E-state index >= 15 is 0 Å². The smallest absolute Gasteiger partial charge is 0.0244 e. The lowest BCUT2D eigenvalue weighted by Crippen LogP contribution is -2.51. The lowest BCUT2D eigenvalue weighted by Gasteiger charge is -2.42. The molecule has 108 valence electrons. The zero-order valence-corrected chi connectivity index (χ0v) is 12.8. The summed E-state index contributed by atoms with van der Waals surface area (Å²) in [5, 5.41) is 0. The Balaban J connectivity index is 2.21. The number of hydrogen-bond donors (Lipinski definition) is 1. The summed E-state index contributed by atoms with van der Waals surface area (Å²) in [7, 11) is 0. The molecule has 1 fully saturated rings. The van der Waals surface area contributed by atoms with Crippen molar-refractivity contribution >= 4 is 0 Å². The van der Waals surface area contributed by atoms with Crippen molar-refractivity contribution < 1.29 is 0 Å². The van der Waals surface area contributed by atoms with Gasteiger partial charge in [-0.3, -0.25) is 4.90 Å². The van der Waals surface area contributed by atoms with Crippen LogP contribution in [0.4, 0.5) is 0 Å². The highest BCUT2D eigenvalue weighted by molar-refractivity contribution is 4.85. The molecule has 0 aromatic rings. The van der Waals surface area contributed by atoms with Crippen LogP contribution < -0.4 is 5.73 Å². The van der Waals surface area contributed by atoms with Crippen LogP contribution in [0.3, 0.4) is 0 Å². The molecule has 3 atom stereocenters. The van der Waals surface area contributed by atoms with Gasteiger partial charge in [0.15, 0.2) is 0 Å². The van der Waals surface area contributed by atoms with Gasteiger partial charge >= 0.3 is 0 Å². The fourth-order valence-corrected chi connectivity index (χ4v) is 3.50. The van der Waals surface area contributed by atoms with Gasteiger partial charge in [-0.05, 0) is 31.2 Å². The van der Waals surface area contributed by atoms with Crippen LogP contribution in [0.1, 0.15) is 65.7 Å². The highest BCUT2D eigenvalue weighted by Gasteiger charge is 2.30. The van der Waals surface area contributed by atoms with E-state index in [0.29, 0.717) is 6.04 Å². The molecule has 1 aliphatic heterocycles. The third-order valence-corrected chi connectivity index (χ3v) is 4.49. The molecule has 1 rings (SSSR count). The number of unbranched alkanes of at least 4 members (excludes halogenated alkanes) is 5.